The summed E-state index contributed by atoms with van der Waals surface area (Å²) in [5.74, 6) is 1.70. The van der Waals surface area contributed by atoms with Gasteiger partial charge in [-0.1, -0.05) is 0 Å². The molecule has 3 atom stereocenters. The van der Waals surface area contributed by atoms with Crippen LogP contribution in [-0.4, -0.2) is 21.7 Å². The molecule has 0 aliphatic heterocycles. The number of carbonyl (C=O) groups is 1. The normalized spacial score (nSPS) is 26.9. The largest absolute Gasteiger partial charge is 0.328 e. The Hall–Kier alpha value is -1.07. The predicted octanol–water partition coefficient (Wildman–Crippen LogP) is 2.34. The lowest BCUT2D eigenvalue weighted by molar-refractivity contribution is -0.119. The molecule has 20 heavy (non-hydrogen) atoms. The summed E-state index contributed by atoms with van der Waals surface area (Å²) in [5, 5.41) is 7.37. The third-order valence-electron chi connectivity index (χ3n) is 4.46. The van der Waals surface area contributed by atoms with E-state index in [0.717, 1.165) is 31.0 Å². The maximum absolute atomic E-state index is 12.2. The quantitative estimate of drug-likeness (QED) is 0.896. The summed E-state index contributed by atoms with van der Waals surface area (Å²) in [6.07, 6.45) is 6.96. The number of halogens is 1. The maximum atomic E-state index is 12.2. The van der Waals surface area contributed by atoms with E-state index in [-0.39, 0.29) is 30.3 Å². The zero-order chi connectivity index (χ0) is 13.4. The van der Waals surface area contributed by atoms with Crippen molar-refractivity contribution in [3.05, 3.63) is 12.3 Å². The Morgan fingerprint density at radius 2 is 2.20 bits per heavy atom. The van der Waals surface area contributed by atoms with Gasteiger partial charge in [-0.25, -0.2) is 4.68 Å². The number of rotatable bonds is 4. The fourth-order valence-corrected chi connectivity index (χ4v) is 3.00. The number of nitrogens with one attached hydrogen (secondary N) is 1. The molecule has 3 N–H and O–H groups in total. The van der Waals surface area contributed by atoms with E-state index in [4.69, 9.17) is 5.73 Å². The van der Waals surface area contributed by atoms with E-state index in [1.807, 2.05) is 10.7 Å². The van der Waals surface area contributed by atoms with Crippen molar-refractivity contribution < 1.29 is 4.79 Å². The highest BCUT2D eigenvalue weighted by atomic mass is 35.5. The van der Waals surface area contributed by atoms with Gasteiger partial charge in [-0.2, -0.15) is 5.10 Å². The van der Waals surface area contributed by atoms with Crippen LogP contribution < -0.4 is 11.1 Å². The van der Waals surface area contributed by atoms with Crippen molar-refractivity contribution in [2.75, 3.05) is 5.32 Å². The Bertz CT molecular complexity index is 471. The average molecular weight is 299 g/mol. The van der Waals surface area contributed by atoms with Gasteiger partial charge >= 0.3 is 0 Å². The van der Waals surface area contributed by atoms with Gasteiger partial charge in [-0.15, -0.1) is 12.4 Å². The van der Waals surface area contributed by atoms with Crippen molar-refractivity contribution in [2.45, 2.75) is 51.1 Å². The summed E-state index contributed by atoms with van der Waals surface area (Å²) < 4.78 is 1.95. The average Bonchev–Trinajstić information content (AvgIpc) is 2.99. The number of carbonyl (C=O) groups excluding carboxylic acids is 1. The lowest BCUT2D eigenvalue weighted by atomic mass is 10.1. The van der Waals surface area contributed by atoms with Gasteiger partial charge in [0.2, 0.25) is 5.91 Å². The molecule has 0 aromatic carbocycles. The number of hydrogen-bond acceptors (Lipinski definition) is 3. The van der Waals surface area contributed by atoms with E-state index in [2.05, 4.69) is 17.3 Å². The molecule has 1 aromatic rings. The van der Waals surface area contributed by atoms with Gasteiger partial charge < -0.3 is 11.1 Å². The van der Waals surface area contributed by atoms with E-state index in [1.54, 1.807) is 6.20 Å². The van der Waals surface area contributed by atoms with Gasteiger partial charge in [0.05, 0.1) is 12.2 Å². The molecule has 2 saturated carbocycles. The first-order valence-electron chi connectivity index (χ1n) is 7.25. The number of hydrogen-bond donors (Lipinski definition) is 2. The molecular formula is C14H23ClN4O. The molecule has 0 radical (unpaired) electrons. The molecule has 1 heterocycles. The van der Waals surface area contributed by atoms with E-state index in [9.17, 15) is 4.79 Å². The molecule has 1 amide bonds. The molecule has 6 heteroatoms. The molecule has 5 nitrogen and oxygen atoms in total. The summed E-state index contributed by atoms with van der Waals surface area (Å²) in [6, 6.07) is 2.44. The summed E-state index contributed by atoms with van der Waals surface area (Å²) in [7, 11) is 0. The van der Waals surface area contributed by atoms with Crippen LogP contribution in [0.15, 0.2) is 12.3 Å². The number of aromatic nitrogens is 2. The zero-order valence-electron chi connectivity index (χ0n) is 11.8. The third kappa shape index (κ3) is 3.15. The molecule has 112 valence electrons. The van der Waals surface area contributed by atoms with E-state index in [0.29, 0.717) is 6.04 Å². The summed E-state index contributed by atoms with van der Waals surface area (Å²) in [5.41, 5.74) is 5.86. The van der Waals surface area contributed by atoms with Crippen molar-refractivity contribution >= 4 is 24.1 Å². The van der Waals surface area contributed by atoms with Crippen LogP contribution in [0.2, 0.25) is 0 Å². The molecule has 3 rings (SSSR count). The Morgan fingerprint density at radius 1 is 1.45 bits per heavy atom. The molecule has 1 aromatic heterocycles. The van der Waals surface area contributed by atoms with E-state index in [1.165, 1.54) is 12.8 Å². The van der Waals surface area contributed by atoms with Crippen molar-refractivity contribution in [2.24, 2.45) is 17.6 Å². The number of anilines is 1. The van der Waals surface area contributed by atoms with Crippen LogP contribution in [0.25, 0.3) is 0 Å². The second-order valence-corrected chi connectivity index (χ2v) is 6.00. The Balaban J connectivity index is 0.00000147. The minimum Gasteiger partial charge on any atom is -0.328 e. The molecular weight excluding hydrogens is 276 g/mol. The van der Waals surface area contributed by atoms with Gasteiger partial charge in [0.1, 0.15) is 5.82 Å². The molecule has 2 aliphatic rings. The van der Waals surface area contributed by atoms with E-state index < -0.39 is 0 Å². The van der Waals surface area contributed by atoms with Crippen LogP contribution in [-0.2, 0) is 4.79 Å². The first-order valence-corrected chi connectivity index (χ1v) is 7.25. The number of nitrogens with two attached hydrogens (primary N) is 1. The third-order valence-corrected chi connectivity index (χ3v) is 4.46. The highest BCUT2D eigenvalue weighted by molar-refractivity contribution is 5.92. The van der Waals surface area contributed by atoms with Crippen molar-refractivity contribution in [1.82, 2.24) is 9.78 Å². The highest BCUT2D eigenvalue weighted by Crippen LogP contribution is 2.40. The molecule has 2 fully saturated rings. The Kier molecular flexibility index (Phi) is 4.70. The van der Waals surface area contributed by atoms with Crippen LogP contribution in [0.5, 0.6) is 0 Å². The minimum atomic E-state index is 0. The van der Waals surface area contributed by atoms with Gasteiger partial charge in [-0.3, -0.25) is 4.79 Å². The van der Waals surface area contributed by atoms with Crippen LogP contribution in [0.3, 0.4) is 0 Å². The van der Waals surface area contributed by atoms with Crippen molar-refractivity contribution in [3.63, 3.8) is 0 Å². The minimum absolute atomic E-state index is 0. The van der Waals surface area contributed by atoms with Crippen molar-refractivity contribution in [1.29, 1.82) is 0 Å². The highest BCUT2D eigenvalue weighted by Gasteiger charge is 2.32. The second kappa shape index (κ2) is 6.14. The monoisotopic (exact) mass is 298 g/mol. The summed E-state index contributed by atoms with van der Waals surface area (Å²) in [6.45, 7) is 2.17. The topological polar surface area (TPSA) is 72.9 Å². The lowest BCUT2D eigenvalue weighted by Crippen LogP contribution is -2.25. The standard InChI is InChI=1S/C14H22N4O.ClH/c1-9(10-2-3-10)18-13(6-7-16-18)17-14(19)11-4-5-12(15)8-11;/h6-7,9-12H,2-5,8,15H2,1H3,(H,17,19);1H. The summed E-state index contributed by atoms with van der Waals surface area (Å²) in [4.78, 5) is 12.2. The number of nitrogens with zero attached hydrogens (tertiary/aromatic N) is 2. The predicted molar refractivity (Wildman–Crippen MR) is 80.9 cm³/mol. The van der Waals surface area contributed by atoms with Gasteiger partial charge in [0.25, 0.3) is 0 Å². The molecule has 0 bridgehead atoms. The number of amides is 1. The molecule has 0 saturated heterocycles. The van der Waals surface area contributed by atoms with Gasteiger partial charge in [0, 0.05) is 18.0 Å². The molecule has 2 aliphatic carbocycles. The summed E-state index contributed by atoms with van der Waals surface area (Å²) >= 11 is 0. The van der Waals surface area contributed by atoms with Crippen LogP contribution in [0, 0.1) is 11.8 Å². The van der Waals surface area contributed by atoms with Gasteiger partial charge in [0.15, 0.2) is 0 Å². The van der Waals surface area contributed by atoms with Crippen LogP contribution in [0.4, 0.5) is 5.82 Å². The fourth-order valence-electron chi connectivity index (χ4n) is 3.00. The Morgan fingerprint density at radius 3 is 2.80 bits per heavy atom. The zero-order valence-corrected chi connectivity index (χ0v) is 12.6. The SMILES string of the molecule is CC(C1CC1)n1nccc1NC(=O)C1CCC(N)C1.Cl. The molecule has 0 spiro atoms. The maximum Gasteiger partial charge on any atom is 0.228 e. The molecule has 3 unspecified atom stereocenters. The first-order chi connectivity index (χ1) is 9.15. The van der Waals surface area contributed by atoms with Gasteiger partial charge in [-0.05, 0) is 44.9 Å². The smallest absolute Gasteiger partial charge is 0.228 e. The second-order valence-electron chi connectivity index (χ2n) is 6.00. The van der Waals surface area contributed by atoms with E-state index >= 15 is 0 Å². The van der Waals surface area contributed by atoms with Crippen LogP contribution >= 0.6 is 12.4 Å². The van der Waals surface area contributed by atoms with Crippen molar-refractivity contribution in [3.8, 4) is 0 Å². The Labute approximate surface area is 125 Å². The fraction of sp³-hybridized carbons (Fsp3) is 0.714. The lowest BCUT2D eigenvalue weighted by Gasteiger charge is -2.17. The van der Waals surface area contributed by atoms with Crippen LogP contribution in [0.1, 0.15) is 45.1 Å². The first kappa shape index (κ1) is 15.3.